The van der Waals surface area contributed by atoms with E-state index in [-0.39, 0.29) is 19.3 Å². The molecule has 146 valence electrons. The van der Waals surface area contributed by atoms with E-state index in [1.165, 1.54) is 0 Å². The molecule has 5 nitrogen and oxygen atoms in total. The zero-order valence-electron chi connectivity index (χ0n) is 15.5. The molecule has 7 heteroatoms. The number of H-pyrrole nitrogens is 1. The Labute approximate surface area is 161 Å². The van der Waals surface area contributed by atoms with Gasteiger partial charge in [-0.2, -0.15) is 5.10 Å². The van der Waals surface area contributed by atoms with E-state index >= 15 is 4.39 Å². The van der Waals surface area contributed by atoms with Crippen molar-refractivity contribution in [3.8, 4) is 11.1 Å². The molecule has 0 bridgehead atoms. The summed E-state index contributed by atoms with van der Waals surface area (Å²) in [6.07, 6.45) is 5.47. The standard InChI is InChI=1S/C21H22F2N4O/c22-5-8-27-6-3-21(23,4-7-27)20(28)11-19-10-17-9-15(18-13-25-26-14-18)1-2-16(17)12-24-19/h1-2,9-10,12-14H,3-8,11H2,(H,25,26). The molecule has 1 aliphatic heterocycles. The first kappa shape index (κ1) is 18.7. The molecule has 0 unspecified atom stereocenters. The van der Waals surface area contributed by atoms with Crippen LogP contribution in [-0.2, 0) is 11.2 Å². The largest absolute Gasteiger partial charge is 0.300 e. The maximum Gasteiger partial charge on any atom is 0.175 e. The monoisotopic (exact) mass is 384 g/mol. The average molecular weight is 384 g/mol. The summed E-state index contributed by atoms with van der Waals surface area (Å²) in [5, 5.41) is 8.66. The highest BCUT2D eigenvalue weighted by Gasteiger charge is 2.41. The molecule has 28 heavy (non-hydrogen) atoms. The number of fused-ring (bicyclic) bond motifs is 1. The molecule has 0 atom stereocenters. The molecule has 1 aromatic carbocycles. The maximum absolute atomic E-state index is 15.1. The van der Waals surface area contributed by atoms with Crippen LogP contribution >= 0.6 is 0 Å². The molecule has 0 radical (unpaired) electrons. The number of likely N-dealkylation sites (tertiary alicyclic amines) is 1. The number of aromatic nitrogens is 3. The normalized spacial score (nSPS) is 17.1. The predicted octanol–water partition coefficient (Wildman–Crippen LogP) is 3.51. The van der Waals surface area contributed by atoms with E-state index in [0.29, 0.717) is 25.3 Å². The Morgan fingerprint density at radius 2 is 1.96 bits per heavy atom. The van der Waals surface area contributed by atoms with Gasteiger partial charge in [0.2, 0.25) is 0 Å². The first-order valence-electron chi connectivity index (χ1n) is 9.46. The molecule has 1 aliphatic rings. The molecule has 0 spiro atoms. The highest BCUT2D eigenvalue weighted by Crippen LogP contribution is 2.29. The minimum atomic E-state index is -1.85. The van der Waals surface area contributed by atoms with Crippen molar-refractivity contribution in [1.82, 2.24) is 20.1 Å². The Balaban J connectivity index is 1.50. The maximum atomic E-state index is 15.1. The van der Waals surface area contributed by atoms with Crippen molar-refractivity contribution in [2.24, 2.45) is 0 Å². The van der Waals surface area contributed by atoms with Crippen molar-refractivity contribution < 1.29 is 13.6 Å². The van der Waals surface area contributed by atoms with E-state index in [1.807, 2.05) is 35.4 Å². The van der Waals surface area contributed by atoms with Crippen molar-refractivity contribution >= 4 is 16.6 Å². The van der Waals surface area contributed by atoms with Crippen molar-refractivity contribution in [3.63, 3.8) is 0 Å². The van der Waals surface area contributed by atoms with E-state index < -0.39 is 18.1 Å². The molecular formula is C21H22F2N4O. The number of ketones is 1. The van der Waals surface area contributed by atoms with Gasteiger partial charge in [-0.1, -0.05) is 12.1 Å². The van der Waals surface area contributed by atoms with Gasteiger partial charge < -0.3 is 4.90 Å². The van der Waals surface area contributed by atoms with Crippen LogP contribution in [0.2, 0.25) is 0 Å². The lowest BCUT2D eigenvalue weighted by atomic mass is 9.87. The topological polar surface area (TPSA) is 61.9 Å². The first-order chi connectivity index (χ1) is 13.6. The third kappa shape index (κ3) is 3.80. The van der Waals surface area contributed by atoms with Gasteiger partial charge in [-0.3, -0.25) is 14.9 Å². The second-order valence-electron chi connectivity index (χ2n) is 7.32. The zero-order valence-corrected chi connectivity index (χ0v) is 15.5. The zero-order chi connectivity index (χ0) is 19.6. The molecule has 1 saturated heterocycles. The van der Waals surface area contributed by atoms with Crippen LogP contribution in [0.4, 0.5) is 8.78 Å². The predicted molar refractivity (Wildman–Crippen MR) is 104 cm³/mol. The van der Waals surface area contributed by atoms with E-state index in [2.05, 4.69) is 15.2 Å². The lowest BCUT2D eigenvalue weighted by Crippen LogP contribution is -2.47. The van der Waals surface area contributed by atoms with Gasteiger partial charge in [0.05, 0.1) is 12.6 Å². The summed E-state index contributed by atoms with van der Waals surface area (Å²) in [5.41, 5.74) is 0.693. The minimum absolute atomic E-state index is 0.0362. The number of hydrogen-bond acceptors (Lipinski definition) is 4. The van der Waals surface area contributed by atoms with Gasteiger partial charge >= 0.3 is 0 Å². The summed E-state index contributed by atoms with van der Waals surface area (Å²) in [5.74, 6) is -0.440. The molecule has 4 rings (SSSR count). The average Bonchev–Trinajstić information content (AvgIpc) is 3.24. The number of Topliss-reactive ketones (excluding diaryl/α,β-unsaturated/α-hetero) is 1. The molecule has 0 aliphatic carbocycles. The fourth-order valence-electron chi connectivity index (χ4n) is 3.72. The smallest absolute Gasteiger partial charge is 0.175 e. The first-order valence-corrected chi connectivity index (χ1v) is 9.46. The summed E-state index contributed by atoms with van der Waals surface area (Å²) in [6.45, 7) is 0.668. The van der Waals surface area contributed by atoms with E-state index in [1.54, 1.807) is 12.4 Å². The minimum Gasteiger partial charge on any atom is -0.300 e. The fourth-order valence-corrected chi connectivity index (χ4v) is 3.72. The number of hydrogen-bond donors (Lipinski definition) is 1. The van der Waals surface area contributed by atoms with E-state index in [4.69, 9.17) is 0 Å². The van der Waals surface area contributed by atoms with Gasteiger partial charge in [0.1, 0.15) is 6.67 Å². The summed E-state index contributed by atoms with van der Waals surface area (Å²) >= 11 is 0. The van der Waals surface area contributed by atoms with E-state index in [9.17, 15) is 9.18 Å². The van der Waals surface area contributed by atoms with Crippen LogP contribution in [-0.4, -0.2) is 57.8 Å². The lowest BCUT2D eigenvalue weighted by Gasteiger charge is -2.34. The van der Waals surface area contributed by atoms with Gasteiger partial charge in [-0.15, -0.1) is 0 Å². The molecule has 0 amide bonds. The molecule has 3 aromatic rings. The highest BCUT2D eigenvalue weighted by atomic mass is 19.1. The Hall–Kier alpha value is -2.67. The number of carbonyl (C=O) groups excluding carboxylic acids is 1. The highest BCUT2D eigenvalue weighted by molar-refractivity contribution is 5.91. The summed E-state index contributed by atoms with van der Waals surface area (Å²) in [4.78, 5) is 18.8. The Morgan fingerprint density at radius 3 is 2.68 bits per heavy atom. The van der Waals surface area contributed by atoms with Crippen LogP contribution in [0.25, 0.3) is 21.9 Å². The van der Waals surface area contributed by atoms with Gasteiger partial charge in [-0.05, 0) is 23.1 Å². The van der Waals surface area contributed by atoms with Crippen molar-refractivity contribution in [2.75, 3.05) is 26.3 Å². The van der Waals surface area contributed by atoms with Gasteiger partial charge in [0.15, 0.2) is 11.5 Å². The summed E-state index contributed by atoms with van der Waals surface area (Å²) in [6, 6.07) is 7.81. The van der Waals surface area contributed by atoms with Crippen molar-refractivity contribution in [2.45, 2.75) is 24.9 Å². The quantitative estimate of drug-likeness (QED) is 0.707. The number of halogens is 2. The van der Waals surface area contributed by atoms with Crippen molar-refractivity contribution in [3.05, 3.63) is 48.5 Å². The van der Waals surface area contributed by atoms with Crippen LogP contribution < -0.4 is 0 Å². The Bertz CT molecular complexity index is 966. The number of pyridine rings is 1. The van der Waals surface area contributed by atoms with Gasteiger partial charge in [-0.25, -0.2) is 8.78 Å². The third-order valence-electron chi connectivity index (χ3n) is 5.50. The molecule has 2 aromatic heterocycles. The fraction of sp³-hybridized carbons (Fsp3) is 0.381. The number of alkyl halides is 2. The molecular weight excluding hydrogens is 362 g/mol. The number of benzene rings is 1. The molecule has 0 saturated carbocycles. The molecule has 3 heterocycles. The SMILES string of the molecule is O=C(Cc1cc2cc(-c3cn[nH]c3)ccc2cn1)C1(F)CCN(CCF)CC1. The van der Waals surface area contributed by atoms with Crippen LogP contribution in [0.1, 0.15) is 18.5 Å². The number of aromatic amines is 1. The second kappa shape index (κ2) is 7.75. The van der Waals surface area contributed by atoms with E-state index in [0.717, 1.165) is 21.9 Å². The van der Waals surface area contributed by atoms with Gasteiger partial charge in [0, 0.05) is 61.5 Å². The van der Waals surface area contributed by atoms with Crippen LogP contribution in [0.15, 0.2) is 42.9 Å². The van der Waals surface area contributed by atoms with Crippen molar-refractivity contribution in [1.29, 1.82) is 0 Å². The second-order valence-corrected chi connectivity index (χ2v) is 7.32. The number of nitrogens with zero attached hydrogens (tertiary/aromatic N) is 3. The summed E-state index contributed by atoms with van der Waals surface area (Å²) < 4.78 is 27.6. The van der Waals surface area contributed by atoms with Crippen LogP contribution in [0, 0.1) is 0 Å². The Morgan fingerprint density at radius 1 is 1.14 bits per heavy atom. The Kier molecular flexibility index (Phi) is 5.17. The van der Waals surface area contributed by atoms with Crippen LogP contribution in [0.3, 0.4) is 0 Å². The lowest BCUT2D eigenvalue weighted by molar-refractivity contribution is -0.133. The number of nitrogens with one attached hydrogen (secondary N) is 1. The number of piperidine rings is 1. The number of rotatable bonds is 6. The number of carbonyl (C=O) groups is 1. The van der Waals surface area contributed by atoms with Gasteiger partial charge in [0.25, 0.3) is 0 Å². The molecule has 1 N–H and O–H groups in total. The van der Waals surface area contributed by atoms with Crippen LogP contribution in [0.5, 0.6) is 0 Å². The third-order valence-corrected chi connectivity index (χ3v) is 5.50. The molecule has 1 fully saturated rings. The summed E-state index contributed by atoms with van der Waals surface area (Å²) in [7, 11) is 0.